The molecule has 0 aliphatic heterocycles. The third-order valence-corrected chi connectivity index (χ3v) is 3.06. The van der Waals surface area contributed by atoms with Gasteiger partial charge in [0, 0.05) is 29.0 Å². The molecule has 1 aromatic heterocycles. The number of benzene rings is 1. The highest BCUT2D eigenvalue weighted by Crippen LogP contribution is 2.26. The van der Waals surface area contributed by atoms with E-state index in [4.69, 9.17) is 0 Å². The Morgan fingerprint density at radius 3 is 2.67 bits per heavy atom. The van der Waals surface area contributed by atoms with Gasteiger partial charge in [0.05, 0.1) is 4.92 Å². The fourth-order valence-electron chi connectivity index (χ4n) is 2.09. The molecule has 5 nitrogen and oxygen atoms in total. The van der Waals surface area contributed by atoms with E-state index in [-0.39, 0.29) is 34.6 Å². The van der Waals surface area contributed by atoms with Crippen molar-refractivity contribution in [3.8, 4) is 0 Å². The van der Waals surface area contributed by atoms with Crippen LogP contribution in [0.15, 0.2) is 18.2 Å². The van der Waals surface area contributed by atoms with Gasteiger partial charge in [0.2, 0.25) is 11.2 Å². The summed E-state index contributed by atoms with van der Waals surface area (Å²) >= 11 is 0. The van der Waals surface area contributed by atoms with E-state index in [1.165, 1.54) is 6.07 Å². The molecular weight excluding hydrogens is 345 g/mol. The highest BCUT2D eigenvalue weighted by Gasteiger charge is 2.21. The molecule has 6 heteroatoms. The summed E-state index contributed by atoms with van der Waals surface area (Å²) in [6, 6.07) is 5.09. The molecule has 96 valence electrons. The van der Waals surface area contributed by atoms with Crippen molar-refractivity contribution in [2.75, 3.05) is 0 Å². The van der Waals surface area contributed by atoms with Gasteiger partial charge < -0.3 is 24.0 Å². The van der Waals surface area contributed by atoms with Crippen LogP contribution in [-0.4, -0.2) is 10.0 Å². The van der Waals surface area contributed by atoms with E-state index in [1.807, 2.05) is 27.0 Å². The van der Waals surface area contributed by atoms with Gasteiger partial charge in [0.25, 0.3) is 0 Å². The minimum atomic E-state index is -0.385. The number of aryl methyl sites for hydroxylation is 2. The summed E-state index contributed by atoms with van der Waals surface area (Å²) < 4.78 is 1.70. The number of nitrogens with zero attached hydrogens (tertiary/aromatic N) is 3. The Morgan fingerprint density at radius 1 is 1.44 bits per heavy atom. The van der Waals surface area contributed by atoms with Crippen molar-refractivity contribution in [3.05, 3.63) is 39.6 Å². The van der Waals surface area contributed by atoms with Crippen molar-refractivity contribution in [2.45, 2.75) is 20.3 Å². The molecule has 0 saturated carbocycles. The van der Waals surface area contributed by atoms with Crippen LogP contribution in [-0.2, 0) is 13.5 Å². The Balaban J connectivity index is 0.00000162. The lowest BCUT2D eigenvalue weighted by Crippen LogP contribution is -3.00. The van der Waals surface area contributed by atoms with Crippen molar-refractivity contribution in [3.63, 3.8) is 0 Å². The molecule has 0 saturated heterocycles. The molecule has 0 atom stereocenters. The third kappa shape index (κ3) is 2.29. The lowest BCUT2D eigenvalue weighted by atomic mass is 10.0. The van der Waals surface area contributed by atoms with E-state index in [1.54, 1.807) is 10.7 Å². The predicted molar refractivity (Wildman–Crippen MR) is 63.7 cm³/mol. The fourth-order valence-corrected chi connectivity index (χ4v) is 2.09. The second-order valence-corrected chi connectivity index (χ2v) is 3.97. The molecule has 0 N–H and O–H groups in total. The molecule has 0 aliphatic rings. The molecule has 2 rings (SSSR count). The molecule has 1 heterocycles. The number of aromatic nitrogens is 2. The summed E-state index contributed by atoms with van der Waals surface area (Å²) in [6.45, 7) is 4.02. The minimum Gasteiger partial charge on any atom is -1.00 e. The summed E-state index contributed by atoms with van der Waals surface area (Å²) in [5, 5.41) is 16.1. The molecule has 0 amide bonds. The van der Waals surface area contributed by atoms with E-state index in [2.05, 4.69) is 5.10 Å². The molecule has 18 heavy (non-hydrogen) atoms. The monoisotopic (exact) mass is 359 g/mol. The predicted octanol–water partition coefficient (Wildman–Crippen LogP) is -1.16. The number of hydrogen-bond donors (Lipinski definition) is 0. The van der Waals surface area contributed by atoms with Gasteiger partial charge in [-0.05, 0) is 6.42 Å². The van der Waals surface area contributed by atoms with Gasteiger partial charge in [-0.2, -0.15) is 0 Å². The van der Waals surface area contributed by atoms with Gasteiger partial charge >= 0.3 is 5.69 Å². The number of nitro groups is 1. The van der Waals surface area contributed by atoms with E-state index in [9.17, 15) is 10.1 Å². The molecule has 0 fully saturated rings. The molecule has 1 aromatic carbocycles. The quantitative estimate of drug-likeness (QED) is 0.294. The van der Waals surface area contributed by atoms with Crippen LogP contribution in [0.3, 0.4) is 0 Å². The summed E-state index contributed by atoms with van der Waals surface area (Å²) in [5.74, 6) is 0. The SMILES string of the molecule is CCc1c(C)[n+](C)nc2c([N+](=O)[O-])cccc12.[I-]. The molecule has 0 aliphatic carbocycles. The first-order valence-electron chi connectivity index (χ1n) is 5.49. The number of non-ortho nitro benzene ring substituents is 1. The van der Waals surface area contributed by atoms with Gasteiger partial charge in [-0.15, -0.1) is 0 Å². The number of fused-ring (bicyclic) bond motifs is 1. The molecule has 0 radical (unpaired) electrons. The smallest absolute Gasteiger partial charge is 0.301 e. The van der Waals surface area contributed by atoms with Crippen LogP contribution in [0.5, 0.6) is 0 Å². The first-order chi connectivity index (χ1) is 8.06. The van der Waals surface area contributed by atoms with Crippen LogP contribution in [0.2, 0.25) is 0 Å². The summed E-state index contributed by atoms with van der Waals surface area (Å²) in [5.41, 5.74) is 2.68. The first kappa shape index (κ1) is 14.7. The van der Waals surface area contributed by atoms with Crippen LogP contribution >= 0.6 is 0 Å². The highest BCUT2D eigenvalue weighted by molar-refractivity contribution is 5.89. The van der Waals surface area contributed by atoms with Crippen molar-refractivity contribution in [1.29, 1.82) is 0 Å². The summed E-state index contributed by atoms with van der Waals surface area (Å²) in [6.07, 6.45) is 0.833. The summed E-state index contributed by atoms with van der Waals surface area (Å²) in [4.78, 5) is 10.6. The van der Waals surface area contributed by atoms with Crippen LogP contribution in [0.25, 0.3) is 10.9 Å². The highest BCUT2D eigenvalue weighted by atomic mass is 127. The Bertz CT molecular complexity index is 614. The minimum absolute atomic E-state index is 0. The van der Waals surface area contributed by atoms with Gasteiger partial charge in [-0.3, -0.25) is 10.1 Å². The van der Waals surface area contributed by atoms with E-state index in [0.29, 0.717) is 5.52 Å². The van der Waals surface area contributed by atoms with Crippen LogP contribution < -0.4 is 28.7 Å². The molecular formula is C12H14IN3O2. The standard InChI is InChI=1S/C12H14N3O2.HI/c1-4-9-8(2)14(3)13-12-10(9)6-5-7-11(12)15(16)17;/h5-7H,4H2,1-3H3;1H/q+1;/p-1. The Hall–Kier alpha value is -1.31. The average molecular weight is 359 g/mol. The number of halogens is 1. The fraction of sp³-hybridized carbons (Fsp3) is 0.333. The normalized spacial score (nSPS) is 10.2. The van der Waals surface area contributed by atoms with Crippen molar-refractivity contribution in [2.24, 2.45) is 7.05 Å². The maximum atomic E-state index is 11.0. The number of rotatable bonds is 2. The topological polar surface area (TPSA) is 59.9 Å². The van der Waals surface area contributed by atoms with Gasteiger partial charge in [0.15, 0.2) is 7.05 Å². The van der Waals surface area contributed by atoms with Crippen molar-refractivity contribution in [1.82, 2.24) is 5.10 Å². The van der Waals surface area contributed by atoms with Crippen molar-refractivity contribution < 1.29 is 33.6 Å². The van der Waals surface area contributed by atoms with Gasteiger partial charge in [0.1, 0.15) is 0 Å². The van der Waals surface area contributed by atoms with Crippen LogP contribution in [0.4, 0.5) is 5.69 Å². The van der Waals surface area contributed by atoms with E-state index >= 15 is 0 Å². The van der Waals surface area contributed by atoms with E-state index in [0.717, 1.165) is 23.1 Å². The maximum Gasteiger partial charge on any atom is 0.301 e. The zero-order chi connectivity index (χ0) is 12.6. The second-order valence-electron chi connectivity index (χ2n) is 3.97. The van der Waals surface area contributed by atoms with Crippen LogP contribution in [0.1, 0.15) is 18.2 Å². The maximum absolute atomic E-state index is 11.0. The second kappa shape index (κ2) is 5.55. The number of nitro benzene ring substituents is 1. The van der Waals surface area contributed by atoms with Gasteiger partial charge in [-0.1, -0.05) is 23.7 Å². The first-order valence-corrected chi connectivity index (χ1v) is 5.49. The van der Waals surface area contributed by atoms with Gasteiger partial charge in [-0.25, -0.2) is 0 Å². The van der Waals surface area contributed by atoms with Crippen molar-refractivity contribution >= 4 is 16.6 Å². The number of hydrogen-bond acceptors (Lipinski definition) is 3. The Kier molecular flexibility index (Phi) is 4.55. The molecule has 0 unspecified atom stereocenters. The summed E-state index contributed by atoms with van der Waals surface area (Å²) in [7, 11) is 1.81. The zero-order valence-electron chi connectivity index (χ0n) is 10.5. The zero-order valence-corrected chi connectivity index (χ0v) is 12.6. The average Bonchev–Trinajstić information content (AvgIpc) is 2.30. The van der Waals surface area contributed by atoms with Crippen LogP contribution in [0, 0.1) is 17.0 Å². The molecule has 2 aromatic rings. The largest absolute Gasteiger partial charge is 1.00 e. The molecule has 0 spiro atoms. The lowest BCUT2D eigenvalue weighted by molar-refractivity contribution is -0.734. The molecule has 0 bridgehead atoms. The lowest BCUT2D eigenvalue weighted by Gasteiger charge is -2.04. The van der Waals surface area contributed by atoms with E-state index < -0.39 is 0 Å². The third-order valence-electron chi connectivity index (χ3n) is 3.06. The Morgan fingerprint density at radius 2 is 2.11 bits per heavy atom. The Labute approximate surface area is 122 Å².